The molecule has 0 radical (unpaired) electrons. The third kappa shape index (κ3) is 2.94. The molecule has 2 unspecified atom stereocenters. The summed E-state index contributed by atoms with van der Waals surface area (Å²) in [7, 11) is 0. The molecule has 3 atom stereocenters. The van der Waals surface area contributed by atoms with Crippen molar-refractivity contribution in [3.8, 4) is 0 Å². The summed E-state index contributed by atoms with van der Waals surface area (Å²) in [5, 5.41) is 3.18. The van der Waals surface area contributed by atoms with Crippen molar-refractivity contribution in [3.05, 3.63) is 0 Å². The Morgan fingerprint density at radius 1 is 1.27 bits per heavy atom. The van der Waals surface area contributed by atoms with Crippen LogP contribution in [0.4, 0.5) is 0 Å². The SMILES string of the molecule is CC1CCCC(OC(=O)[C@H]2CCCN2)C1. The normalized spacial score (nSPS) is 36.5. The fraction of sp³-hybridized carbons (Fsp3) is 0.917. The van der Waals surface area contributed by atoms with Gasteiger partial charge >= 0.3 is 5.97 Å². The highest BCUT2D eigenvalue weighted by atomic mass is 16.5. The van der Waals surface area contributed by atoms with Crippen molar-refractivity contribution in [2.24, 2.45) is 5.92 Å². The topological polar surface area (TPSA) is 38.3 Å². The maximum Gasteiger partial charge on any atom is 0.323 e. The van der Waals surface area contributed by atoms with E-state index in [1.165, 1.54) is 12.8 Å². The van der Waals surface area contributed by atoms with Crippen molar-refractivity contribution < 1.29 is 9.53 Å². The maximum atomic E-state index is 11.7. The highest BCUT2D eigenvalue weighted by molar-refractivity contribution is 5.76. The van der Waals surface area contributed by atoms with Crippen LogP contribution < -0.4 is 5.32 Å². The van der Waals surface area contributed by atoms with E-state index in [2.05, 4.69) is 12.2 Å². The lowest BCUT2D eigenvalue weighted by Crippen LogP contribution is -2.36. The fourth-order valence-electron chi connectivity index (χ4n) is 2.62. The van der Waals surface area contributed by atoms with Crippen LogP contribution in [0.5, 0.6) is 0 Å². The number of carbonyl (C=O) groups excluding carboxylic acids is 1. The standard InChI is InChI=1S/C12H21NO2/c1-9-4-2-5-10(8-9)15-12(14)11-6-3-7-13-11/h9-11,13H,2-8H2,1H3/t9?,10?,11-/m1/s1. The van der Waals surface area contributed by atoms with E-state index in [9.17, 15) is 4.79 Å². The summed E-state index contributed by atoms with van der Waals surface area (Å²) in [5.41, 5.74) is 0. The summed E-state index contributed by atoms with van der Waals surface area (Å²) < 4.78 is 5.54. The number of hydrogen-bond acceptors (Lipinski definition) is 3. The maximum absolute atomic E-state index is 11.7. The molecule has 2 fully saturated rings. The molecule has 3 heteroatoms. The lowest BCUT2D eigenvalue weighted by Gasteiger charge is -2.27. The zero-order chi connectivity index (χ0) is 10.7. The molecule has 1 saturated heterocycles. The van der Waals surface area contributed by atoms with E-state index >= 15 is 0 Å². The summed E-state index contributed by atoms with van der Waals surface area (Å²) in [6, 6.07) is -0.0257. The minimum Gasteiger partial charge on any atom is -0.461 e. The molecule has 0 aromatic rings. The highest BCUT2D eigenvalue weighted by Gasteiger charge is 2.28. The molecule has 15 heavy (non-hydrogen) atoms. The van der Waals surface area contributed by atoms with Crippen LogP contribution in [0, 0.1) is 5.92 Å². The lowest BCUT2D eigenvalue weighted by atomic mass is 9.89. The van der Waals surface area contributed by atoms with Crippen molar-refractivity contribution in [2.45, 2.75) is 57.6 Å². The van der Waals surface area contributed by atoms with Crippen LogP contribution in [0.2, 0.25) is 0 Å². The van der Waals surface area contributed by atoms with Gasteiger partial charge in [-0.2, -0.15) is 0 Å². The average molecular weight is 211 g/mol. The molecule has 1 saturated carbocycles. The van der Waals surface area contributed by atoms with E-state index in [-0.39, 0.29) is 18.1 Å². The van der Waals surface area contributed by atoms with E-state index in [0.29, 0.717) is 5.92 Å². The second-order valence-corrected chi connectivity index (χ2v) is 4.98. The Morgan fingerprint density at radius 3 is 2.80 bits per heavy atom. The summed E-state index contributed by atoms with van der Waals surface area (Å²) in [6.07, 6.45) is 6.83. The van der Waals surface area contributed by atoms with Gasteiger partial charge in [-0.1, -0.05) is 13.3 Å². The van der Waals surface area contributed by atoms with Crippen LogP contribution in [-0.2, 0) is 9.53 Å². The Labute approximate surface area is 91.6 Å². The summed E-state index contributed by atoms with van der Waals surface area (Å²) in [6.45, 7) is 3.20. The number of nitrogens with one attached hydrogen (secondary N) is 1. The largest absolute Gasteiger partial charge is 0.461 e. The van der Waals surface area contributed by atoms with Gasteiger partial charge in [0.1, 0.15) is 12.1 Å². The number of esters is 1. The molecule has 1 heterocycles. The molecule has 2 rings (SSSR count). The molecule has 0 aromatic carbocycles. The van der Waals surface area contributed by atoms with Crippen LogP contribution in [0.3, 0.4) is 0 Å². The third-order valence-corrected chi connectivity index (χ3v) is 3.52. The van der Waals surface area contributed by atoms with Crippen LogP contribution in [0.25, 0.3) is 0 Å². The first kappa shape index (κ1) is 10.9. The number of ether oxygens (including phenoxy) is 1. The summed E-state index contributed by atoms with van der Waals surface area (Å²) in [5.74, 6) is 0.694. The predicted octanol–water partition coefficient (Wildman–Crippen LogP) is 1.86. The Bertz CT molecular complexity index is 224. The molecule has 2 aliphatic rings. The quantitative estimate of drug-likeness (QED) is 0.708. The van der Waals surface area contributed by atoms with E-state index < -0.39 is 0 Å². The van der Waals surface area contributed by atoms with Crippen LogP contribution in [0.1, 0.15) is 45.4 Å². The second kappa shape index (κ2) is 4.97. The molecule has 3 nitrogen and oxygen atoms in total. The molecule has 1 aliphatic carbocycles. The van der Waals surface area contributed by atoms with E-state index in [0.717, 1.165) is 32.2 Å². The fourth-order valence-corrected chi connectivity index (χ4v) is 2.62. The van der Waals surface area contributed by atoms with Gasteiger partial charge in [-0.15, -0.1) is 0 Å². The minimum atomic E-state index is -0.0257. The Morgan fingerprint density at radius 2 is 2.13 bits per heavy atom. The third-order valence-electron chi connectivity index (χ3n) is 3.52. The monoisotopic (exact) mass is 211 g/mol. The molecular weight excluding hydrogens is 190 g/mol. The lowest BCUT2D eigenvalue weighted by molar-refractivity contribution is -0.153. The van der Waals surface area contributed by atoms with Gasteiger partial charge in [0.25, 0.3) is 0 Å². The minimum absolute atomic E-state index is 0.0217. The van der Waals surface area contributed by atoms with Crippen LogP contribution in [-0.4, -0.2) is 24.7 Å². The molecule has 1 N–H and O–H groups in total. The molecule has 0 amide bonds. The molecule has 0 aromatic heterocycles. The molecular formula is C12H21NO2. The first-order valence-electron chi connectivity index (χ1n) is 6.19. The number of hydrogen-bond donors (Lipinski definition) is 1. The van der Waals surface area contributed by atoms with Crippen molar-refractivity contribution in [1.29, 1.82) is 0 Å². The zero-order valence-corrected chi connectivity index (χ0v) is 9.50. The zero-order valence-electron chi connectivity index (χ0n) is 9.50. The highest BCUT2D eigenvalue weighted by Crippen LogP contribution is 2.26. The van der Waals surface area contributed by atoms with Gasteiger partial charge in [-0.05, 0) is 44.6 Å². The van der Waals surface area contributed by atoms with Crippen molar-refractivity contribution in [1.82, 2.24) is 5.32 Å². The van der Waals surface area contributed by atoms with Gasteiger partial charge in [-0.3, -0.25) is 4.79 Å². The Balaban J connectivity index is 1.77. The predicted molar refractivity (Wildman–Crippen MR) is 58.5 cm³/mol. The second-order valence-electron chi connectivity index (χ2n) is 4.98. The average Bonchev–Trinajstić information content (AvgIpc) is 2.70. The molecule has 0 bridgehead atoms. The van der Waals surface area contributed by atoms with Gasteiger partial charge < -0.3 is 10.1 Å². The first-order valence-corrected chi connectivity index (χ1v) is 6.19. The van der Waals surface area contributed by atoms with E-state index in [1.54, 1.807) is 0 Å². The molecule has 0 spiro atoms. The van der Waals surface area contributed by atoms with Gasteiger partial charge in [0.2, 0.25) is 0 Å². The Kier molecular flexibility index (Phi) is 3.62. The number of rotatable bonds is 2. The Hall–Kier alpha value is -0.570. The summed E-state index contributed by atoms with van der Waals surface area (Å²) >= 11 is 0. The number of carbonyl (C=O) groups is 1. The summed E-state index contributed by atoms with van der Waals surface area (Å²) in [4.78, 5) is 11.7. The van der Waals surface area contributed by atoms with Gasteiger partial charge in [0, 0.05) is 0 Å². The van der Waals surface area contributed by atoms with Crippen LogP contribution >= 0.6 is 0 Å². The smallest absolute Gasteiger partial charge is 0.323 e. The van der Waals surface area contributed by atoms with Crippen LogP contribution in [0.15, 0.2) is 0 Å². The van der Waals surface area contributed by atoms with Gasteiger partial charge in [0.15, 0.2) is 0 Å². The van der Waals surface area contributed by atoms with Gasteiger partial charge in [-0.25, -0.2) is 0 Å². The van der Waals surface area contributed by atoms with Gasteiger partial charge in [0.05, 0.1) is 0 Å². The first-order chi connectivity index (χ1) is 7.25. The van der Waals surface area contributed by atoms with E-state index in [4.69, 9.17) is 4.74 Å². The van der Waals surface area contributed by atoms with Crippen molar-refractivity contribution in [2.75, 3.05) is 6.54 Å². The molecule has 86 valence electrons. The van der Waals surface area contributed by atoms with E-state index in [1.807, 2.05) is 0 Å². The van der Waals surface area contributed by atoms with Crippen molar-refractivity contribution in [3.63, 3.8) is 0 Å². The molecule has 1 aliphatic heterocycles. The van der Waals surface area contributed by atoms with Crippen molar-refractivity contribution >= 4 is 5.97 Å².